The predicted octanol–water partition coefficient (Wildman–Crippen LogP) is 8.63. The van der Waals surface area contributed by atoms with Crippen molar-refractivity contribution in [3.05, 3.63) is 102 Å². The molecule has 0 saturated carbocycles. The summed E-state index contributed by atoms with van der Waals surface area (Å²) in [6, 6.07) is 26.1. The van der Waals surface area contributed by atoms with Gasteiger partial charge < -0.3 is 0 Å². The third-order valence-electron chi connectivity index (χ3n) is 6.26. The fourth-order valence-electron chi connectivity index (χ4n) is 4.62. The van der Waals surface area contributed by atoms with Gasteiger partial charge in [-0.3, -0.25) is 0 Å². The van der Waals surface area contributed by atoms with Gasteiger partial charge in [-0.15, -0.1) is 17.0 Å². The summed E-state index contributed by atoms with van der Waals surface area (Å²) < 4.78 is 42.7. The molecule has 0 aliphatic rings. The molecule has 0 bridgehead atoms. The van der Waals surface area contributed by atoms with E-state index in [1.165, 1.54) is 12.1 Å². The first-order valence-electron chi connectivity index (χ1n) is 10.8. The van der Waals surface area contributed by atoms with Gasteiger partial charge in [0, 0.05) is 0 Å². The molecule has 178 valence electrons. The zero-order valence-electron chi connectivity index (χ0n) is 19.4. The summed E-state index contributed by atoms with van der Waals surface area (Å²) in [6.45, 7) is 8.61. The molecule has 0 heterocycles. The van der Waals surface area contributed by atoms with Gasteiger partial charge in [0.25, 0.3) is 0 Å². The topological polar surface area (TPSA) is 0 Å². The van der Waals surface area contributed by atoms with Crippen molar-refractivity contribution in [1.82, 2.24) is 0 Å². The van der Waals surface area contributed by atoms with E-state index in [1.54, 1.807) is 0 Å². The zero-order valence-corrected chi connectivity index (χ0v) is 24.7. The second kappa shape index (κ2) is 10.7. The number of alkyl halides is 3. The molecule has 0 N–H and O–H groups in total. The summed E-state index contributed by atoms with van der Waals surface area (Å²) in [5.41, 5.74) is 1.20. The first-order chi connectivity index (χ1) is 14.8. The Labute approximate surface area is 213 Å². The van der Waals surface area contributed by atoms with E-state index in [4.69, 9.17) is 8.92 Å². The summed E-state index contributed by atoms with van der Waals surface area (Å²) in [5.74, 6) is 0. The Hall–Kier alpha value is -0.981. The maximum absolute atomic E-state index is 13.5. The molecule has 0 amide bonds. The van der Waals surface area contributed by atoms with Crippen molar-refractivity contribution in [3.63, 3.8) is 0 Å². The Balaban J connectivity index is 0.00000385. The number of benzene rings is 3. The summed E-state index contributed by atoms with van der Waals surface area (Å²) >= 11 is -3.87. The van der Waals surface area contributed by atoms with Gasteiger partial charge in [0.05, 0.1) is 0 Å². The number of halogens is 5. The first-order valence-corrected chi connectivity index (χ1v) is 19.9. The molecular formula is C27H31BrClF3Sn. The van der Waals surface area contributed by atoms with Gasteiger partial charge in [-0.25, -0.2) is 0 Å². The van der Waals surface area contributed by atoms with Gasteiger partial charge in [-0.1, -0.05) is 0 Å². The molecule has 6 heteroatoms. The van der Waals surface area contributed by atoms with Gasteiger partial charge >= 0.3 is 198 Å². The van der Waals surface area contributed by atoms with Crippen molar-refractivity contribution >= 4 is 46.7 Å². The van der Waals surface area contributed by atoms with E-state index in [0.717, 1.165) is 17.2 Å². The number of hydrogen-bond acceptors (Lipinski definition) is 0. The molecule has 0 unspecified atom stereocenters. The van der Waals surface area contributed by atoms with Crippen LogP contribution >= 0.6 is 25.9 Å². The van der Waals surface area contributed by atoms with E-state index in [0.29, 0.717) is 12.5 Å². The fraction of sp³-hybridized carbons (Fsp3) is 0.333. The van der Waals surface area contributed by atoms with Crippen LogP contribution in [0.5, 0.6) is 0 Å². The van der Waals surface area contributed by atoms with Crippen LogP contribution in [0.1, 0.15) is 44.4 Å². The molecule has 3 rings (SSSR count). The molecule has 0 saturated heterocycles. The SMILES string of the molecule is Br.CC(C)([CH2][Sn]([Cl])([CH2]C(C)(C)c1ccccc1)[c]1cccc(C(F)(F)F)c1)c1ccccc1. The quantitative estimate of drug-likeness (QED) is 0.226. The molecule has 3 aromatic rings. The van der Waals surface area contributed by atoms with Crippen molar-refractivity contribution in [2.45, 2.75) is 53.6 Å². The summed E-state index contributed by atoms with van der Waals surface area (Å²) in [4.78, 5) is 0. The van der Waals surface area contributed by atoms with Crippen molar-refractivity contribution in [2.24, 2.45) is 0 Å². The summed E-state index contributed by atoms with van der Waals surface area (Å²) in [6.07, 6.45) is -4.39. The number of rotatable bonds is 7. The monoisotopic (exact) mass is 646 g/mol. The van der Waals surface area contributed by atoms with Crippen LogP contribution in [-0.2, 0) is 17.0 Å². The maximum atomic E-state index is 13.5. The Morgan fingerprint density at radius 3 is 1.42 bits per heavy atom. The van der Waals surface area contributed by atoms with Crippen LogP contribution in [0.15, 0.2) is 84.9 Å². The van der Waals surface area contributed by atoms with Gasteiger partial charge in [0.1, 0.15) is 0 Å². The number of hydrogen-bond donors (Lipinski definition) is 0. The second-order valence-corrected chi connectivity index (χ2v) is 23.9. The molecule has 3 aromatic carbocycles. The minimum atomic E-state index is -4.39. The van der Waals surface area contributed by atoms with Crippen LogP contribution in [0.25, 0.3) is 0 Å². The Morgan fingerprint density at radius 1 is 0.636 bits per heavy atom. The molecule has 0 aromatic heterocycles. The average Bonchev–Trinajstić information content (AvgIpc) is 2.74. The molecule has 33 heavy (non-hydrogen) atoms. The average molecular weight is 647 g/mol. The molecule has 0 aliphatic heterocycles. The van der Waals surface area contributed by atoms with Gasteiger partial charge in [-0.2, -0.15) is 0 Å². The van der Waals surface area contributed by atoms with Crippen molar-refractivity contribution in [3.8, 4) is 0 Å². The van der Waals surface area contributed by atoms with E-state index in [1.807, 2.05) is 42.5 Å². The second-order valence-electron chi connectivity index (χ2n) is 9.90. The molecule has 0 atom stereocenters. The Kier molecular flexibility index (Phi) is 9.20. The van der Waals surface area contributed by atoms with Crippen molar-refractivity contribution < 1.29 is 13.2 Å². The van der Waals surface area contributed by atoms with Crippen LogP contribution < -0.4 is 3.58 Å². The van der Waals surface area contributed by atoms with Gasteiger partial charge in [0.2, 0.25) is 0 Å². The minimum absolute atomic E-state index is 0. The van der Waals surface area contributed by atoms with Gasteiger partial charge in [0.15, 0.2) is 0 Å². The van der Waals surface area contributed by atoms with Crippen LogP contribution in [0, 0.1) is 0 Å². The van der Waals surface area contributed by atoms with Crippen molar-refractivity contribution in [2.75, 3.05) is 0 Å². The van der Waals surface area contributed by atoms with Gasteiger partial charge in [-0.05, 0) is 0 Å². The molecule has 0 aliphatic carbocycles. The first kappa shape index (κ1) is 28.3. The van der Waals surface area contributed by atoms with Crippen molar-refractivity contribution in [1.29, 1.82) is 0 Å². The normalized spacial score (nSPS) is 12.8. The Morgan fingerprint density at radius 2 is 1.03 bits per heavy atom. The van der Waals surface area contributed by atoms with E-state index in [-0.39, 0.29) is 27.8 Å². The van der Waals surface area contributed by atoms with E-state index >= 15 is 0 Å². The summed E-state index contributed by atoms with van der Waals surface area (Å²) in [7, 11) is 7.60. The Bertz CT molecular complexity index is 980. The third kappa shape index (κ3) is 7.02. The molecule has 0 spiro atoms. The summed E-state index contributed by atoms with van der Waals surface area (Å²) in [5, 5.41) is 0. The molecule has 0 radical (unpaired) electrons. The zero-order chi connectivity index (χ0) is 23.6. The van der Waals surface area contributed by atoms with E-state index in [9.17, 15) is 13.2 Å². The van der Waals surface area contributed by atoms with Crippen LogP contribution in [-0.4, -0.2) is 17.3 Å². The van der Waals surface area contributed by atoms with E-state index in [2.05, 4.69) is 52.0 Å². The predicted molar refractivity (Wildman–Crippen MR) is 142 cm³/mol. The fourth-order valence-corrected chi connectivity index (χ4v) is 22.9. The van der Waals surface area contributed by atoms with E-state index < -0.39 is 29.0 Å². The van der Waals surface area contributed by atoms with Crippen LogP contribution in [0.4, 0.5) is 13.2 Å². The van der Waals surface area contributed by atoms with Crippen LogP contribution in [0.2, 0.25) is 8.87 Å². The standard InChI is InChI=1S/2C10H13.C7H4F3.BrH.ClH.Sn/c2*1-10(2,3)9-7-5-4-6-8-9;8-7(9,10)6-4-2-1-3-5-6;;;/h2*4-8H,1H2,2-3H3;1-2,4-5H;2*1H;/q;;;;;+1/p-1. The molecule has 0 fully saturated rings. The molecule has 0 nitrogen and oxygen atoms in total. The van der Waals surface area contributed by atoms with Crippen LogP contribution in [0.3, 0.4) is 0 Å². The third-order valence-corrected chi connectivity index (χ3v) is 21.6. The molecular weight excluding hydrogens is 615 g/mol.